The van der Waals surface area contributed by atoms with Crippen LogP contribution < -0.4 is 4.74 Å². The standard InChI is InChI=1S/C28H31N3O4/c1-28(2,3)21-10-6-19(7-11-21)24-23(25(32)20-8-12-22(35-4)13-9-20)26(33)27(34)31(24)16-5-15-30-17-14-29-18-30/h6-14,17-18,24,32H,5,15-16H2,1-4H3. The molecule has 3 aromatic rings. The molecule has 35 heavy (non-hydrogen) atoms. The lowest BCUT2D eigenvalue weighted by molar-refractivity contribution is -0.139. The van der Waals surface area contributed by atoms with Crippen molar-refractivity contribution in [3.05, 3.63) is 89.5 Å². The van der Waals surface area contributed by atoms with E-state index in [0.717, 1.165) is 11.1 Å². The molecule has 1 aliphatic heterocycles. The number of aryl methyl sites for hydroxylation is 1. The SMILES string of the molecule is COc1ccc(C(O)=C2C(=O)C(=O)N(CCCn3ccnc3)C2c2ccc(C(C)(C)C)cc2)cc1. The summed E-state index contributed by atoms with van der Waals surface area (Å²) >= 11 is 0. The number of nitrogens with zero attached hydrogens (tertiary/aromatic N) is 3. The molecule has 0 spiro atoms. The first-order valence-corrected chi connectivity index (χ1v) is 11.7. The first kappa shape index (κ1) is 24.3. The lowest BCUT2D eigenvalue weighted by Crippen LogP contribution is -2.31. The predicted octanol–water partition coefficient (Wildman–Crippen LogP) is 4.70. The fourth-order valence-corrected chi connectivity index (χ4v) is 4.37. The van der Waals surface area contributed by atoms with Gasteiger partial charge in [0.15, 0.2) is 0 Å². The van der Waals surface area contributed by atoms with Gasteiger partial charge in [0, 0.05) is 31.0 Å². The third kappa shape index (κ3) is 4.99. The summed E-state index contributed by atoms with van der Waals surface area (Å²) in [6.45, 7) is 7.43. The molecule has 2 aromatic carbocycles. The maximum absolute atomic E-state index is 13.2. The van der Waals surface area contributed by atoms with Crippen molar-refractivity contribution in [2.45, 2.75) is 45.2 Å². The predicted molar refractivity (Wildman–Crippen MR) is 134 cm³/mol. The van der Waals surface area contributed by atoms with E-state index in [-0.39, 0.29) is 16.7 Å². The molecular formula is C28H31N3O4. The Hall–Kier alpha value is -3.87. The first-order chi connectivity index (χ1) is 16.7. The van der Waals surface area contributed by atoms with Crippen molar-refractivity contribution in [3.63, 3.8) is 0 Å². The van der Waals surface area contributed by atoms with Crippen LogP contribution >= 0.6 is 0 Å². The van der Waals surface area contributed by atoms with E-state index in [2.05, 4.69) is 25.8 Å². The Kier molecular flexibility index (Phi) is 6.78. The fraction of sp³-hybridized carbons (Fsp3) is 0.321. The molecule has 1 N–H and O–H groups in total. The molecule has 0 radical (unpaired) electrons. The van der Waals surface area contributed by atoms with E-state index in [4.69, 9.17) is 4.74 Å². The minimum atomic E-state index is -0.675. The molecule has 0 aliphatic carbocycles. The van der Waals surface area contributed by atoms with Gasteiger partial charge < -0.3 is 19.3 Å². The van der Waals surface area contributed by atoms with Crippen LogP contribution in [0.25, 0.3) is 5.76 Å². The highest BCUT2D eigenvalue weighted by atomic mass is 16.5. The average Bonchev–Trinajstić information content (AvgIpc) is 3.45. The van der Waals surface area contributed by atoms with Crippen molar-refractivity contribution in [1.82, 2.24) is 14.5 Å². The molecule has 0 bridgehead atoms. The maximum Gasteiger partial charge on any atom is 0.295 e. The van der Waals surface area contributed by atoms with Gasteiger partial charge in [-0.25, -0.2) is 4.98 Å². The topological polar surface area (TPSA) is 84.7 Å². The second-order valence-corrected chi connectivity index (χ2v) is 9.75. The molecule has 182 valence electrons. The number of methoxy groups -OCH3 is 1. The number of hydrogen-bond donors (Lipinski definition) is 1. The van der Waals surface area contributed by atoms with Crippen LogP contribution in [0.4, 0.5) is 0 Å². The Bertz CT molecular complexity index is 1220. The molecule has 7 heteroatoms. The number of imidazole rings is 1. The molecule has 1 amide bonds. The van der Waals surface area contributed by atoms with Gasteiger partial charge >= 0.3 is 0 Å². The molecule has 1 aliphatic rings. The summed E-state index contributed by atoms with van der Waals surface area (Å²) in [6.07, 6.45) is 5.93. The van der Waals surface area contributed by atoms with Crippen LogP contribution in [0.3, 0.4) is 0 Å². The number of carbonyl (C=O) groups excluding carboxylic acids is 2. The second-order valence-electron chi connectivity index (χ2n) is 9.75. The van der Waals surface area contributed by atoms with Gasteiger partial charge in [0.1, 0.15) is 11.5 Å². The van der Waals surface area contributed by atoms with Crippen LogP contribution in [0.1, 0.15) is 49.9 Å². The summed E-state index contributed by atoms with van der Waals surface area (Å²) in [4.78, 5) is 32.0. The Morgan fingerprint density at radius 1 is 1.03 bits per heavy atom. The summed E-state index contributed by atoms with van der Waals surface area (Å²) in [5, 5.41) is 11.2. The zero-order chi connectivity index (χ0) is 25.2. The van der Waals surface area contributed by atoms with Gasteiger partial charge in [-0.1, -0.05) is 45.0 Å². The Balaban J connectivity index is 1.73. The van der Waals surface area contributed by atoms with Crippen LogP contribution in [-0.2, 0) is 21.5 Å². The number of likely N-dealkylation sites (tertiary alicyclic amines) is 1. The molecule has 2 heterocycles. The maximum atomic E-state index is 13.2. The fourth-order valence-electron chi connectivity index (χ4n) is 4.37. The minimum Gasteiger partial charge on any atom is -0.507 e. The van der Waals surface area contributed by atoms with Crippen molar-refractivity contribution in [1.29, 1.82) is 0 Å². The van der Waals surface area contributed by atoms with Crippen molar-refractivity contribution in [2.75, 3.05) is 13.7 Å². The third-order valence-electron chi connectivity index (χ3n) is 6.37. The molecule has 1 fully saturated rings. The largest absolute Gasteiger partial charge is 0.507 e. The highest BCUT2D eigenvalue weighted by Crippen LogP contribution is 2.40. The number of Topliss-reactive ketones (excluding diaryl/α,β-unsaturated/α-hetero) is 1. The highest BCUT2D eigenvalue weighted by Gasteiger charge is 2.45. The van der Waals surface area contributed by atoms with Crippen LogP contribution in [0, 0.1) is 0 Å². The number of ether oxygens (including phenoxy) is 1. The molecular weight excluding hydrogens is 442 g/mol. The quantitative estimate of drug-likeness (QED) is 0.305. The van der Waals surface area contributed by atoms with Gasteiger partial charge in [-0.15, -0.1) is 0 Å². The van der Waals surface area contributed by atoms with Crippen molar-refractivity contribution in [3.8, 4) is 5.75 Å². The second kappa shape index (κ2) is 9.78. The molecule has 4 rings (SSSR count). The summed E-state index contributed by atoms with van der Waals surface area (Å²) in [6, 6.07) is 14.0. The Morgan fingerprint density at radius 3 is 2.29 bits per heavy atom. The summed E-state index contributed by atoms with van der Waals surface area (Å²) in [5.41, 5.74) is 2.46. The smallest absolute Gasteiger partial charge is 0.295 e. The van der Waals surface area contributed by atoms with E-state index in [1.54, 1.807) is 48.8 Å². The summed E-state index contributed by atoms with van der Waals surface area (Å²) < 4.78 is 7.13. The van der Waals surface area contributed by atoms with E-state index in [1.165, 1.54) is 0 Å². The molecule has 1 unspecified atom stereocenters. The zero-order valence-electron chi connectivity index (χ0n) is 20.6. The van der Waals surface area contributed by atoms with Crippen molar-refractivity contribution >= 4 is 17.4 Å². The van der Waals surface area contributed by atoms with Gasteiger partial charge in [0.05, 0.1) is 25.1 Å². The van der Waals surface area contributed by atoms with Gasteiger partial charge in [-0.2, -0.15) is 0 Å². The number of benzene rings is 2. The van der Waals surface area contributed by atoms with Crippen LogP contribution in [0.2, 0.25) is 0 Å². The van der Waals surface area contributed by atoms with E-state index in [0.29, 0.717) is 30.8 Å². The minimum absolute atomic E-state index is 0.0335. The number of aliphatic hydroxyl groups excluding tert-OH is 1. The number of amides is 1. The molecule has 1 atom stereocenters. The van der Waals surface area contributed by atoms with Gasteiger partial charge in [0.2, 0.25) is 0 Å². The van der Waals surface area contributed by atoms with Crippen molar-refractivity contribution in [2.24, 2.45) is 0 Å². The van der Waals surface area contributed by atoms with Gasteiger partial charge in [0.25, 0.3) is 11.7 Å². The van der Waals surface area contributed by atoms with Crippen LogP contribution in [-0.4, -0.2) is 44.9 Å². The van der Waals surface area contributed by atoms with E-state index in [1.807, 2.05) is 35.0 Å². The van der Waals surface area contributed by atoms with E-state index < -0.39 is 17.7 Å². The van der Waals surface area contributed by atoms with Crippen LogP contribution in [0.5, 0.6) is 5.75 Å². The van der Waals surface area contributed by atoms with E-state index in [9.17, 15) is 14.7 Å². The molecule has 1 saturated heterocycles. The first-order valence-electron chi connectivity index (χ1n) is 11.7. The van der Waals surface area contributed by atoms with Gasteiger partial charge in [-0.05, 0) is 47.2 Å². The lowest BCUT2D eigenvalue weighted by atomic mass is 9.85. The third-order valence-corrected chi connectivity index (χ3v) is 6.37. The van der Waals surface area contributed by atoms with E-state index >= 15 is 0 Å². The Labute approximate surface area is 205 Å². The Morgan fingerprint density at radius 2 is 1.71 bits per heavy atom. The van der Waals surface area contributed by atoms with Crippen molar-refractivity contribution < 1.29 is 19.4 Å². The summed E-state index contributed by atoms with van der Waals surface area (Å²) in [7, 11) is 1.56. The molecule has 0 saturated carbocycles. The monoisotopic (exact) mass is 473 g/mol. The average molecular weight is 474 g/mol. The number of hydrogen-bond acceptors (Lipinski definition) is 5. The number of carbonyl (C=O) groups is 2. The number of aromatic nitrogens is 2. The number of rotatable bonds is 7. The summed E-state index contributed by atoms with van der Waals surface area (Å²) in [5.74, 6) is -0.828. The normalized spacial score (nSPS) is 17.7. The van der Waals surface area contributed by atoms with Crippen LogP contribution in [0.15, 0.2) is 72.8 Å². The number of ketones is 1. The highest BCUT2D eigenvalue weighted by molar-refractivity contribution is 6.46. The number of aliphatic hydroxyl groups is 1. The lowest BCUT2D eigenvalue weighted by Gasteiger charge is -2.26. The molecule has 1 aromatic heterocycles. The zero-order valence-corrected chi connectivity index (χ0v) is 20.6. The van der Waals surface area contributed by atoms with Gasteiger partial charge in [-0.3, -0.25) is 9.59 Å². The molecule has 7 nitrogen and oxygen atoms in total.